The highest BCUT2D eigenvalue weighted by atomic mass is 16.5. The third-order valence-corrected chi connectivity index (χ3v) is 2.49. The molecule has 1 rings (SSSR count). The third kappa shape index (κ3) is 2.29. The van der Waals surface area contributed by atoms with Gasteiger partial charge in [0.2, 0.25) is 0 Å². The molecule has 3 nitrogen and oxygen atoms in total. The zero-order chi connectivity index (χ0) is 8.97. The molecule has 3 heteroatoms. The fourth-order valence-corrected chi connectivity index (χ4v) is 1.57. The van der Waals surface area contributed by atoms with Crippen molar-refractivity contribution in [2.45, 2.75) is 32.2 Å². The molecule has 1 unspecified atom stereocenters. The first kappa shape index (κ1) is 9.68. The normalized spacial score (nSPS) is 22.2. The number of nitrogens with two attached hydrogens (primary N) is 1. The van der Waals surface area contributed by atoms with Crippen LogP contribution in [0.5, 0.6) is 0 Å². The number of hydrogen-bond acceptors (Lipinski definition) is 3. The van der Waals surface area contributed by atoms with Crippen molar-refractivity contribution in [2.24, 2.45) is 11.7 Å². The van der Waals surface area contributed by atoms with Crippen molar-refractivity contribution in [3.8, 4) is 0 Å². The van der Waals surface area contributed by atoms with E-state index in [1.807, 2.05) is 6.92 Å². The minimum absolute atomic E-state index is 0.182. The quantitative estimate of drug-likeness (QED) is 0.680. The molecular formula is C9H17NO2. The van der Waals surface area contributed by atoms with E-state index in [-0.39, 0.29) is 11.8 Å². The summed E-state index contributed by atoms with van der Waals surface area (Å²) < 4.78 is 5.20. The molecule has 0 bridgehead atoms. The summed E-state index contributed by atoms with van der Waals surface area (Å²) in [7, 11) is 0. The molecule has 1 aliphatic heterocycles. The van der Waals surface area contributed by atoms with E-state index in [2.05, 4.69) is 0 Å². The molecule has 0 radical (unpaired) electrons. The van der Waals surface area contributed by atoms with Gasteiger partial charge in [0.15, 0.2) is 0 Å². The summed E-state index contributed by atoms with van der Waals surface area (Å²) in [6, 6.07) is -0.251. The monoisotopic (exact) mass is 171 g/mol. The van der Waals surface area contributed by atoms with Gasteiger partial charge in [0.1, 0.15) is 5.78 Å². The predicted octanol–water partition coefficient (Wildman–Crippen LogP) is 0.719. The Bertz CT molecular complexity index is 153. The number of Topliss-reactive ketones (excluding diaryl/α,β-unsaturated/α-hetero) is 1. The Morgan fingerprint density at radius 1 is 1.58 bits per heavy atom. The average molecular weight is 171 g/mol. The molecule has 1 atom stereocenters. The summed E-state index contributed by atoms with van der Waals surface area (Å²) >= 11 is 0. The molecule has 1 fully saturated rings. The van der Waals surface area contributed by atoms with E-state index in [1.54, 1.807) is 0 Å². The second kappa shape index (κ2) is 4.58. The molecular weight excluding hydrogens is 154 g/mol. The van der Waals surface area contributed by atoms with Crippen LogP contribution in [0, 0.1) is 5.92 Å². The molecule has 0 spiro atoms. The van der Waals surface area contributed by atoms with Crippen molar-refractivity contribution >= 4 is 5.78 Å². The summed E-state index contributed by atoms with van der Waals surface area (Å²) in [6.07, 6.45) is 2.43. The number of carbonyl (C=O) groups is 1. The van der Waals surface area contributed by atoms with E-state index in [9.17, 15) is 4.79 Å². The summed E-state index contributed by atoms with van der Waals surface area (Å²) in [5.41, 5.74) is 5.80. The molecule has 0 aromatic heterocycles. The lowest BCUT2D eigenvalue weighted by atomic mass is 9.89. The van der Waals surface area contributed by atoms with Crippen molar-refractivity contribution in [1.29, 1.82) is 0 Å². The maximum absolute atomic E-state index is 11.2. The Kier molecular flexibility index (Phi) is 3.69. The van der Waals surface area contributed by atoms with E-state index in [4.69, 9.17) is 10.5 Å². The number of rotatable bonds is 3. The lowest BCUT2D eigenvalue weighted by molar-refractivity contribution is -0.121. The van der Waals surface area contributed by atoms with Gasteiger partial charge in [0.25, 0.3) is 0 Å². The highest BCUT2D eigenvalue weighted by Gasteiger charge is 2.24. The Morgan fingerprint density at radius 3 is 2.67 bits per heavy atom. The lowest BCUT2D eigenvalue weighted by Gasteiger charge is -2.26. The highest BCUT2D eigenvalue weighted by molar-refractivity contribution is 5.83. The van der Waals surface area contributed by atoms with E-state index in [0.717, 1.165) is 26.1 Å². The largest absolute Gasteiger partial charge is 0.381 e. The summed E-state index contributed by atoms with van der Waals surface area (Å²) in [5, 5.41) is 0. The van der Waals surface area contributed by atoms with Gasteiger partial charge in [0, 0.05) is 19.6 Å². The second-order valence-electron chi connectivity index (χ2n) is 3.30. The minimum atomic E-state index is -0.251. The smallest absolute Gasteiger partial charge is 0.149 e. The molecule has 0 saturated carbocycles. The fourth-order valence-electron chi connectivity index (χ4n) is 1.57. The van der Waals surface area contributed by atoms with Crippen LogP contribution < -0.4 is 5.73 Å². The van der Waals surface area contributed by atoms with Crippen LogP contribution in [0.1, 0.15) is 26.2 Å². The maximum atomic E-state index is 11.2. The molecule has 2 N–H and O–H groups in total. The van der Waals surface area contributed by atoms with Crippen LogP contribution in [0.2, 0.25) is 0 Å². The molecule has 1 saturated heterocycles. The van der Waals surface area contributed by atoms with Gasteiger partial charge in [-0.1, -0.05) is 6.92 Å². The van der Waals surface area contributed by atoms with Gasteiger partial charge in [-0.05, 0) is 18.8 Å². The van der Waals surface area contributed by atoms with Crippen LogP contribution in [-0.4, -0.2) is 25.0 Å². The SMILES string of the molecule is CCC(=O)C(N)C1CCOCC1. The van der Waals surface area contributed by atoms with Gasteiger partial charge in [-0.25, -0.2) is 0 Å². The Morgan fingerprint density at radius 2 is 2.17 bits per heavy atom. The van der Waals surface area contributed by atoms with Crippen molar-refractivity contribution in [2.75, 3.05) is 13.2 Å². The minimum Gasteiger partial charge on any atom is -0.381 e. The number of ketones is 1. The van der Waals surface area contributed by atoms with Crippen LogP contribution in [0.15, 0.2) is 0 Å². The third-order valence-electron chi connectivity index (χ3n) is 2.49. The summed E-state index contributed by atoms with van der Waals surface area (Å²) in [5.74, 6) is 0.535. The Labute approximate surface area is 73.3 Å². The first-order valence-electron chi connectivity index (χ1n) is 4.61. The van der Waals surface area contributed by atoms with Gasteiger partial charge >= 0.3 is 0 Å². The predicted molar refractivity (Wildman–Crippen MR) is 46.8 cm³/mol. The molecule has 12 heavy (non-hydrogen) atoms. The number of ether oxygens (including phenoxy) is 1. The zero-order valence-corrected chi connectivity index (χ0v) is 7.58. The Balaban J connectivity index is 2.39. The zero-order valence-electron chi connectivity index (χ0n) is 7.58. The van der Waals surface area contributed by atoms with E-state index >= 15 is 0 Å². The van der Waals surface area contributed by atoms with Crippen LogP contribution in [0.25, 0.3) is 0 Å². The lowest BCUT2D eigenvalue weighted by Crippen LogP contribution is -2.40. The molecule has 0 amide bonds. The van der Waals surface area contributed by atoms with E-state index < -0.39 is 0 Å². The first-order valence-corrected chi connectivity index (χ1v) is 4.61. The van der Waals surface area contributed by atoms with Crippen LogP contribution in [0.4, 0.5) is 0 Å². The Hall–Kier alpha value is -0.410. The maximum Gasteiger partial charge on any atom is 0.149 e. The summed E-state index contributed by atoms with van der Waals surface area (Å²) in [4.78, 5) is 11.2. The van der Waals surface area contributed by atoms with E-state index in [1.165, 1.54) is 0 Å². The first-order chi connectivity index (χ1) is 5.75. The van der Waals surface area contributed by atoms with Crippen LogP contribution in [-0.2, 0) is 9.53 Å². The number of hydrogen-bond donors (Lipinski definition) is 1. The topological polar surface area (TPSA) is 52.3 Å². The van der Waals surface area contributed by atoms with Gasteiger partial charge in [-0.15, -0.1) is 0 Å². The second-order valence-corrected chi connectivity index (χ2v) is 3.30. The van der Waals surface area contributed by atoms with Gasteiger partial charge in [0.05, 0.1) is 6.04 Å². The summed E-state index contributed by atoms with van der Waals surface area (Å²) in [6.45, 7) is 3.38. The molecule has 0 aromatic carbocycles. The van der Waals surface area contributed by atoms with Gasteiger partial charge < -0.3 is 10.5 Å². The standard InChI is InChI=1S/C9H17NO2/c1-2-8(11)9(10)7-3-5-12-6-4-7/h7,9H,2-6,10H2,1H3. The molecule has 1 heterocycles. The van der Waals surface area contributed by atoms with Crippen molar-refractivity contribution in [3.63, 3.8) is 0 Å². The fraction of sp³-hybridized carbons (Fsp3) is 0.889. The van der Waals surface area contributed by atoms with E-state index in [0.29, 0.717) is 12.3 Å². The van der Waals surface area contributed by atoms with Crippen molar-refractivity contribution in [1.82, 2.24) is 0 Å². The van der Waals surface area contributed by atoms with Crippen LogP contribution in [0.3, 0.4) is 0 Å². The van der Waals surface area contributed by atoms with Gasteiger partial charge in [-0.2, -0.15) is 0 Å². The molecule has 0 aromatic rings. The van der Waals surface area contributed by atoms with Crippen molar-refractivity contribution in [3.05, 3.63) is 0 Å². The number of carbonyl (C=O) groups excluding carboxylic acids is 1. The van der Waals surface area contributed by atoms with Gasteiger partial charge in [-0.3, -0.25) is 4.79 Å². The van der Waals surface area contributed by atoms with Crippen LogP contribution >= 0.6 is 0 Å². The average Bonchev–Trinajstić information content (AvgIpc) is 2.17. The molecule has 70 valence electrons. The molecule has 0 aliphatic carbocycles. The van der Waals surface area contributed by atoms with Crippen molar-refractivity contribution < 1.29 is 9.53 Å². The highest BCUT2D eigenvalue weighted by Crippen LogP contribution is 2.18. The molecule has 1 aliphatic rings.